The van der Waals surface area contributed by atoms with Crippen LogP contribution in [0, 0.1) is 0 Å². The van der Waals surface area contributed by atoms with E-state index in [1.807, 2.05) is 10.2 Å². The van der Waals surface area contributed by atoms with Gasteiger partial charge in [-0.05, 0) is 13.5 Å². The molecule has 0 saturated carbocycles. The summed E-state index contributed by atoms with van der Waals surface area (Å²) in [6.45, 7) is 5.82. The topological polar surface area (TPSA) is 52.0 Å². The Morgan fingerprint density at radius 1 is 1.50 bits per heavy atom. The van der Waals surface area contributed by atoms with Crippen LogP contribution in [0.5, 0.6) is 5.75 Å². The highest BCUT2D eigenvalue weighted by Crippen LogP contribution is 2.29. The van der Waals surface area contributed by atoms with Gasteiger partial charge >= 0.3 is 0 Å². The summed E-state index contributed by atoms with van der Waals surface area (Å²) in [5.74, 6) is 0.802. The predicted molar refractivity (Wildman–Crippen MR) is 72.1 cm³/mol. The normalized spacial score (nSPS) is 12.6. The highest BCUT2D eigenvalue weighted by molar-refractivity contribution is 7.07. The molecule has 0 aliphatic heterocycles. The number of ether oxygens (including phenoxy) is 1. The molecule has 5 nitrogen and oxygen atoms in total. The number of hydrogen-bond donors (Lipinski definition) is 1. The highest BCUT2D eigenvalue weighted by Gasteiger charge is 2.23. The van der Waals surface area contributed by atoms with Gasteiger partial charge in [0.2, 0.25) is 0 Å². The fourth-order valence-electron chi connectivity index (χ4n) is 1.99. The lowest BCUT2D eigenvalue weighted by atomic mass is 10.1. The molecule has 98 valence electrons. The molecule has 6 heteroatoms. The summed E-state index contributed by atoms with van der Waals surface area (Å²) in [7, 11) is 1.67. The van der Waals surface area contributed by atoms with Gasteiger partial charge in [0, 0.05) is 11.9 Å². The van der Waals surface area contributed by atoms with Crippen molar-refractivity contribution in [3.8, 4) is 5.75 Å². The van der Waals surface area contributed by atoms with E-state index in [0.717, 1.165) is 30.2 Å². The van der Waals surface area contributed by atoms with E-state index in [9.17, 15) is 0 Å². The van der Waals surface area contributed by atoms with Gasteiger partial charge in [0.05, 0.1) is 30.6 Å². The molecule has 2 rings (SSSR count). The van der Waals surface area contributed by atoms with Crippen LogP contribution in [0.4, 0.5) is 0 Å². The Balaban J connectivity index is 2.44. The lowest BCUT2D eigenvalue weighted by Crippen LogP contribution is -2.25. The molecule has 2 aromatic rings. The van der Waals surface area contributed by atoms with Crippen LogP contribution < -0.4 is 10.1 Å². The maximum absolute atomic E-state index is 5.41. The van der Waals surface area contributed by atoms with Crippen molar-refractivity contribution in [2.75, 3.05) is 13.7 Å². The summed E-state index contributed by atoms with van der Waals surface area (Å²) in [6.07, 6.45) is 1.76. The van der Waals surface area contributed by atoms with Gasteiger partial charge in [-0.1, -0.05) is 6.92 Å². The Morgan fingerprint density at radius 2 is 2.33 bits per heavy atom. The van der Waals surface area contributed by atoms with Crippen LogP contribution in [-0.4, -0.2) is 28.4 Å². The van der Waals surface area contributed by atoms with Crippen molar-refractivity contribution in [1.29, 1.82) is 0 Å². The molecule has 0 radical (unpaired) electrons. The maximum Gasteiger partial charge on any atom is 0.161 e. The number of nitrogens with zero attached hydrogens (tertiary/aromatic N) is 3. The minimum atomic E-state index is 0.0265. The third-order valence-corrected chi connectivity index (χ3v) is 3.40. The minimum absolute atomic E-state index is 0.0265. The molecule has 1 unspecified atom stereocenters. The van der Waals surface area contributed by atoms with Gasteiger partial charge in [-0.15, -0.1) is 11.3 Å². The van der Waals surface area contributed by atoms with Gasteiger partial charge in [-0.3, -0.25) is 4.68 Å². The van der Waals surface area contributed by atoms with E-state index in [-0.39, 0.29) is 6.04 Å². The van der Waals surface area contributed by atoms with Crippen molar-refractivity contribution in [3.05, 3.63) is 28.5 Å². The van der Waals surface area contributed by atoms with E-state index < -0.39 is 0 Å². The number of hydrogen-bond acceptors (Lipinski definition) is 5. The Bertz CT molecular complexity index is 459. The smallest absolute Gasteiger partial charge is 0.161 e. The van der Waals surface area contributed by atoms with Crippen LogP contribution in [0.15, 0.2) is 17.1 Å². The molecule has 0 saturated heterocycles. The summed E-state index contributed by atoms with van der Waals surface area (Å²) >= 11 is 1.60. The maximum atomic E-state index is 5.41. The van der Waals surface area contributed by atoms with Gasteiger partial charge < -0.3 is 10.1 Å². The first kappa shape index (κ1) is 13.0. The summed E-state index contributed by atoms with van der Waals surface area (Å²) in [5, 5.41) is 9.84. The van der Waals surface area contributed by atoms with Gasteiger partial charge in [0.15, 0.2) is 5.75 Å². The number of rotatable bonds is 6. The van der Waals surface area contributed by atoms with Crippen LogP contribution in [0.1, 0.15) is 31.3 Å². The zero-order valence-electron chi connectivity index (χ0n) is 10.9. The van der Waals surface area contributed by atoms with E-state index in [1.165, 1.54) is 0 Å². The quantitative estimate of drug-likeness (QED) is 0.869. The number of thiazole rings is 1. The molecular formula is C12H18N4OS. The number of aromatic nitrogens is 3. The van der Waals surface area contributed by atoms with Crippen molar-refractivity contribution in [3.63, 3.8) is 0 Å². The van der Waals surface area contributed by atoms with E-state index >= 15 is 0 Å². The van der Waals surface area contributed by atoms with Gasteiger partial charge in [0.1, 0.15) is 5.69 Å². The van der Waals surface area contributed by atoms with E-state index in [2.05, 4.69) is 34.6 Å². The number of aryl methyl sites for hydroxylation is 1. The monoisotopic (exact) mass is 266 g/mol. The molecule has 0 fully saturated rings. The lowest BCUT2D eigenvalue weighted by molar-refractivity contribution is 0.399. The standard InChI is InChI=1S/C12H18N4OS/c1-4-13-11(9-7-18-8-14-9)12-10(17-3)6-15-16(12)5-2/h6-8,11,13H,4-5H2,1-3H3. The Hall–Kier alpha value is -1.40. The molecule has 2 aromatic heterocycles. The minimum Gasteiger partial charge on any atom is -0.493 e. The Morgan fingerprint density at radius 3 is 2.89 bits per heavy atom. The molecule has 1 atom stereocenters. The largest absolute Gasteiger partial charge is 0.493 e. The van der Waals surface area contributed by atoms with Crippen molar-refractivity contribution < 1.29 is 4.74 Å². The fourth-order valence-corrected chi connectivity index (χ4v) is 2.57. The molecule has 0 aliphatic rings. The van der Waals surface area contributed by atoms with E-state index in [0.29, 0.717) is 0 Å². The molecular weight excluding hydrogens is 248 g/mol. The molecule has 1 N–H and O–H groups in total. The summed E-state index contributed by atoms with van der Waals surface area (Å²) < 4.78 is 7.36. The second kappa shape index (κ2) is 5.97. The summed E-state index contributed by atoms with van der Waals surface area (Å²) in [5.41, 5.74) is 3.89. The predicted octanol–water partition coefficient (Wildman–Crippen LogP) is 2.07. The molecule has 0 spiro atoms. The molecule has 0 amide bonds. The van der Waals surface area contributed by atoms with Crippen molar-refractivity contribution in [1.82, 2.24) is 20.1 Å². The van der Waals surface area contributed by atoms with Crippen LogP contribution in [0.25, 0.3) is 0 Å². The average molecular weight is 266 g/mol. The number of nitrogens with one attached hydrogen (secondary N) is 1. The van der Waals surface area contributed by atoms with E-state index in [1.54, 1.807) is 24.6 Å². The first-order chi connectivity index (χ1) is 8.81. The molecule has 0 aromatic carbocycles. The fraction of sp³-hybridized carbons (Fsp3) is 0.500. The van der Waals surface area contributed by atoms with Crippen molar-refractivity contribution >= 4 is 11.3 Å². The second-order valence-corrected chi connectivity index (χ2v) is 4.54. The molecule has 0 bridgehead atoms. The summed E-state index contributed by atoms with van der Waals surface area (Å²) in [4.78, 5) is 4.40. The van der Waals surface area contributed by atoms with Crippen LogP contribution >= 0.6 is 11.3 Å². The summed E-state index contributed by atoms with van der Waals surface area (Å²) in [6, 6.07) is 0.0265. The lowest BCUT2D eigenvalue weighted by Gasteiger charge is -2.18. The average Bonchev–Trinajstić information content (AvgIpc) is 3.04. The Labute approximate surface area is 111 Å². The van der Waals surface area contributed by atoms with Crippen molar-refractivity contribution in [2.24, 2.45) is 0 Å². The molecule has 18 heavy (non-hydrogen) atoms. The van der Waals surface area contributed by atoms with Gasteiger partial charge in [-0.25, -0.2) is 4.98 Å². The third-order valence-electron chi connectivity index (χ3n) is 2.79. The Kier molecular flexibility index (Phi) is 4.33. The highest BCUT2D eigenvalue weighted by atomic mass is 32.1. The third kappa shape index (κ3) is 2.39. The van der Waals surface area contributed by atoms with Crippen LogP contribution in [-0.2, 0) is 6.54 Å². The van der Waals surface area contributed by atoms with E-state index in [4.69, 9.17) is 4.74 Å². The first-order valence-electron chi connectivity index (χ1n) is 6.02. The molecule has 2 heterocycles. The zero-order chi connectivity index (χ0) is 13.0. The SMILES string of the molecule is CCNC(c1cscn1)c1c(OC)cnn1CC. The number of methoxy groups -OCH3 is 1. The van der Waals surface area contributed by atoms with Crippen LogP contribution in [0.3, 0.4) is 0 Å². The van der Waals surface area contributed by atoms with Gasteiger partial charge in [-0.2, -0.15) is 5.10 Å². The van der Waals surface area contributed by atoms with Gasteiger partial charge in [0.25, 0.3) is 0 Å². The first-order valence-corrected chi connectivity index (χ1v) is 6.97. The van der Waals surface area contributed by atoms with Crippen molar-refractivity contribution in [2.45, 2.75) is 26.4 Å². The zero-order valence-corrected chi connectivity index (χ0v) is 11.7. The second-order valence-electron chi connectivity index (χ2n) is 3.82. The van der Waals surface area contributed by atoms with Crippen LogP contribution in [0.2, 0.25) is 0 Å². The molecule has 0 aliphatic carbocycles.